The van der Waals surface area contributed by atoms with Gasteiger partial charge in [-0.05, 0) is 61.9 Å². The fourth-order valence-corrected chi connectivity index (χ4v) is 4.49. The van der Waals surface area contributed by atoms with Crippen molar-refractivity contribution in [3.05, 3.63) is 58.7 Å². The zero-order valence-corrected chi connectivity index (χ0v) is 18.4. The molecular weight excluding hydrogens is 376 g/mol. The number of aryl methyl sites for hydroxylation is 1. The molecule has 2 aliphatic rings. The van der Waals surface area contributed by atoms with E-state index < -0.39 is 0 Å². The molecule has 1 N–H and O–H groups in total. The first-order chi connectivity index (χ1) is 14.5. The lowest BCUT2D eigenvalue weighted by atomic mass is 9.87. The second-order valence-electron chi connectivity index (χ2n) is 8.63. The number of carbonyl (C=O) groups excluding carboxylic acids is 1. The molecule has 160 valence electrons. The Morgan fingerprint density at radius 1 is 1.13 bits per heavy atom. The van der Waals surface area contributed by atoms with E-state index in [0.717, 1.165) is 43.9 Å². The van der Waals surface area contributed by atoms with Gasteiger partial charge in [-0.1, -0.05) is 29.8 Å². The lowest BCUT2D eigenvalue weighted by Gasteiger charge is -2.41. The lowest BCUT2D eigenvalue weighted by molar-refractivity contribution is -0.123. The topological polar surface area (TPSA) is 50.8 Å². The summed E-state index contributed by atoms with van der Waals surface area (Å²) in [6.07, 6.45) is 2.97. The van der Waals surface area contributed by atoms with Crippen LogP contribution in [0.5, 0.6) is 11.5 Å². The minimum Gasteiger partial charge on any atom is -0.493 e. The van der Waals surface area contributed by atoms with E-state index in [0.29, 0.717) is 0 Å². The number of rotatable bonds is 7. The number of benzene rings is 2. The molecule has 1 aliphatic heterocycles. The van der Waals surface area contributed by atoms with Crippen LogP contribution in [-0.4, -0.2) is 37.6 Å². The zero-order valence-electron chi connectivity index (χ0n) is 18.4. The Labute approximate surface area is 179 Å². The molecule has 5 nitrogen and oxygen atoms in total. The summed E-state index contributed by atoms with van der Waals surface area (Å²) >= 11 is 0. The average Bonchev–Trinajstić information content (AvgIpc) is 3.59. The second-order valence-corrected chi connectivity index (χ2v) is 8.63. The summed E-state index contributed by atoms with van der Waals surface area (Å²) in [4.78, 5) is 15.0. The number of methoxy groups -OCH3 is 2. The molecular formula is C25H32N2O3. The third-order valence-corrected chi connectivity index (χ3v) is 6.32. The normalized spacial score (nSPS) is 19.7. The molecule has 2 unspecified atom stereocenters. The maximum absolute atomic E-state index is 12.5. The maximum Gasteiger partial charge on any atom is 0.223 e. The highest BCUT2D eigenvalue weighted by Crippen LogP contribution is 2.40. The molecule has 1 amide bonds. The molecule has 5 heteroatoms. The Morgan fingerprint density at radius 2 is 1.80 bits per heavy atom. The van der Waals surface area contributed by atoms with Crippen LogP contribution in [0.4, 0.5) is 0 Å². The monoisotopic (exact) mass is 408 g/mol. The fraction of sp³-hybridized carbons (Fsp3) is 0.480. The predicted octanol–water partition coefficient (Wildman–Crippen LogP) is 4.03. The highest BCUT2D eigenvalue weighted by molar-refractivity contribution is 5.81. The molecule has 0 bridgehead atoms. The largest absolute Gasteiger partial charge is 0.493 e. The van der Waals surface area contributed by atoms with Gasteiger partial charge in [0.15, 0.2) is 11.5 Å². The molecule has 4 rings (SSSR count). The molecule has 2 aromatic rings. The number of nitrogens with zero attached hydrogens (tertiary/aromatic N) is 1. The van der Waals surface area contributed by atoms with Crippen LogP contribution in [-0.2, 0) is 17.8 Å². The first-order valence-corrected chi connectivity index (χ1v) is 10.8. The Kier molecular flexibility index (Phi) is 6.00. The highest BCUT2D eigenvalue weighted by Gasteiger charge is 2.36. The van der Waals surface area contributed by atoms with Gasteiger partial charge in [-0.2, -0.15) is 0 Å². The van der Waals surface area contributed by atoms with E-state index in [4.69, 9.17) is 9.47 Å². The Bertz CT molecular complexity index is 905. The number of hydrogen-bond donors (Lipinski definition) is 1. The van der Waals surface area contributed by atoms with Crippen molar-refractivity contribution in [2.24, 2.45) is 5.92 Å². The minimum absolute atomic E-state index is 0.000648. The van der Waals surface area contributed by atoms with Gasteiger partial charge in [0.05, 0.1) is 20.3 Å². The third-order valence-electron chi connectivity index (χ3n) is 6.32. The number of hydrogen-bond acceptors (Lipinski definition) is 4. The van der Waals surface area contributed by atoms with Crippen molar-refractivity contribution in [2.75, 3.05) is 20.8 Å². The van der Waals surface area contributed by atoms with Crippen molar-refractivity contribution in [1.29, 1.82) is 0 Å². The molecule has 2 atom stereocenters. The maximum atomic E-state index is 12.5. The summed E-state index contributed by atoms with van der Waals surface area (Å²) in [6, 6.07) is 13.0. The van der Waals surface area contributed by atoms with Crippen LogP contribution in [0.15, 0.2) is 36.4 Å². The molecule has 0 saturated heterocycles. The van der Waals surface area contributed by atoms with E-state index in [9.17, 15) is 4.79 Å². The van der Waals surface area contributed by atoms with Crippen LogP contribution < -0.4 is 14.8 Å². The molecule has 1 aliphatic carbocycles. The summed E-state index contributed by atoms with van der Waals surface area (Å²) in [5.74, 6) is 1.88. The SMILES string of the molecule is COc1cc2c(cc1OC)C(C(C)NC(=O)C1CC1)N(Cc1ccc(C)cc1)CC2. The summed E-state index contributed by atoms with van der Waals surface area (Å²) in [5, 5.41) is 3.29. The van der Waals surface area contributed by atoms with Crippen molar-refractivity contribution in [2.45, 2.75) is 51.7 Å². The summed E-state index contributed by atoms with van der Waals surface area (Å²) in [6.45, 7) is 6.02. The number of amides is 1. The second kappa shape index (κ2) is 8.68. The van der Waals surface area contributed by atoms with Crippen LogP contribution in [0.25, 0.3) is 0 Å². The Morgan fingerprint density at radius 3 is 2.43 bits per heavy atom. The van der Waals surface area contributed by atoms with Gasteiger partial charge in [0.1, 0.15) is 0 Å². The zero-order chi connectivity index (χ0) is 21.3. The smallest absolute Gasteiger partial charge is 0.223 e. The van der Waals surface area contributed by atoms with Crippen LogP contribution in [0, 0.1) is 12.8 Å². The van der Waals surface area contributed by atoms with Crippen molar-refractivity contribution >= 4 is 5.91 Å². The van der Waals surface area contributed by atoms with Crippen LogP contribution >= 0.6 is 0 Å². The van der Waals surface area contributed by atoms with Gasteiger partial charge in [0, 0.05) is 25.0 Å². The number of fused-ring (bicyclic) bond motifs is 1. The van der Waals surface area contributed by atoms with Crippen molar-refractivity contribution < 1.29 is 14.3 Å². The van der Waals surface area contributed by atoms with E-state index in [2.05, 4.69) is 60.5 Å². The molecule has 0 spiro atoms. The molecule has 1 saturated carbocycles. The van der Waals surface area contributed by atoms with Gasteiger partial charge in [-0.15, -0.1) is 0 Å². The highest BCUT2D eigenvalue weighted by atomic mass is 16.5. The van der Waals surface area contributed by atoms with Gasteiger partial charge < -0.3 is 14.8 Å². The van der Waals surface area contributed by atoms with E-state index in [-0.39, 0.29) is 23.9 Å². The summed E-state index contributed by atoms with van der Waals surface area (Å²) < 4.78 is 11.1. The first kappa shape index (κ1) is 20.7. The molecule has 0 aromatic heterocycles. The number of carbonyl (C=O) groups is 1. The van der Waals surface area contributed by atoms with Crippen molar-refractivity contribution in [3.63, 3.8) is 0 Å². The third kappa shape index (κ3) is 4.31. The number of ether oxygens (including phenoxy) is 2. The Hall–Kier alpha value is -2.53. The van der Waals surface area contributed by atoms with E-state index in [1.807, 2.05) is 0 Å². The lowest BCUT2D eigenvalue weighted by Crippen LogP contribution is -2.47. The summed E-state index contributed by atoms with van der Waals surface area (Å²) in [5.41, 5.74) is 5.04. The first-order valence-electron chi connectivity index (χ1n) is 10.8. The van der Waals surface area contributed by atoms with E-state index >= 15 is 0 Å². The van der Waals surface area contributed by atoms with E-state index in [1.165, 1.54) is 22.3 Å². The van der Waals surface area contributed by atoms with Gasteiger partial charge in [-0.3, -0.25) is 9.69 Å². The average molecular weight is 409 g/mol. The van der Waals surface area contributed by atoms with Gasteiger partial charge >= 0.3 is 0 Å². The standard InChI is InChI=1S/C25H32N2O3/c1-16-5-7-18(8-6-16)15-27-12-11-20-13-22(29-3)23(30-4)14-21(20)24(27)17(2)26-25(28)19-9-10-19/h5-8,13-14,17,19,24H,9-12,15H2,1-4H3,(H,26,28). The van der Waals surface area contributed by atoms with Crippen molar-refractivity contribution in [1.82, 2.24) is 10.2 Å². The Balaban J connectivity index is 1.67. The van der Waals surface area contributed by atoms with E-state index in [1.54, 1.807) is 14.2 Å². The van der Waals surface area contributed by atoms with Crippen LogP contribution in [0.3, 0.4) is 0 Å². The summed E-state index contributed by atoms with van der Waals surface area (Å²) in [7, 11) is 3.34. The molecule has 1 fully saturated rings. The number of nitrogens with one attached hydrogen (secondary N) is 1. The quantitative estimate of drug-likeness (QED) is 0.752. The van der Waals surface area contributed by atoms with Gasteiger partial charge in [0.25, 0.3) is 0 Å². The molecule has 1 heterocycles. The minimum atomic E-state index is 0.000648. The molecule has 2 aromatic carbocycles. The van der Waals surface area contributed by atoms with Crippen LogP contribution in [0.2, 0.25) is 0 Å². The van der Waals surface area contributed by atoms with Crippen LogP contribution in [0.1, 0.15) is 48.1 Å². The van der Waals surface area contributed by atoms with Crippen molar-refractivity contribution in [3.8, 4) is 11.5 Å². The predicted molar refractivity (Wildman–Crippen MR) is 118 cm³/mol. The molecule has 30 heavy (non-hydrogen) atoms. The van der Waals surface area contributed by atoms with Gasteiger partial charge in [-0.25, -0.2) is 0 Å². The molecule has 0 radical (unpaired) electrons. The van der Waals surface area contributed by atoms with Gasteiger partial charge in [0.2, 0.25) is 5.91 Å². The fourth-order valence-electron chi connectivity index (χ4n) is 4.49.